The Hall–Kier alpha value is -3.29. The highest BCUT2D eigenvalue weighted by Gasteiger charge is 2.19. The SMILES string of the molecule is COc1cc(OC)c(C(N)=O)c(Oc2ccc([N+](=O)[O-])cc2)c1. The summed E-state index contributed by atoms with van der Waals surface area (Å²) >= 11 is 0. The average Bonchev–Trinajstić information content (AvgIpc) is 2.54. The van der Waals surface area contributed by atoms with Crippen LogP contribution in [0.3, 0.4) is 0 Å². The highest BCUT2D eigenvalue weighted by atomic mass is 16.6. The second kappa shape index (κ2) is 6.65. The van der Waals surface area contributed by atoms with Crippen LogP contribution >= 0.6 is 0 Å². The zero-order valence-electron chi connectivity index (χ0n) is 12.4. The van der Waals surface area contributed by atoms with Gasteiger partial charge in [-0.25, -0.2) is 0 Å². The molecule has 0 aliphatic heterocycles. The van der Waals surface area contributed by atoms with Gasteiger partial charge in [0, 0.05) is 24.3 Å². The number of amides is 1. The number of nitro benzene ring substituents is 1. The number of methoxy groups -OCH3 is 2. The molecule has 1 amide bonds. The van der Waals surface area contributed by atoms with Gasteiger partial charge in [0.05, 0.1) is 19.1 Å². The molecule has 120 valence electrons. The third kappa shape index (κ3) is 3.49. The molecule has 0 heterocycles. The van der Waals surface area contributed by atoms with E-state index in [0.717, 1.165) is 0 Å². The van der Waals surface area contributed by atoms with E-state index in [1.54, 1.807) is 0 Å². The summed E-state index contributed by atoms with van der Waals surface area (Å²) < 4.78 is 15.9. The number of nitrogens with zero attached hydrogens (tertiary/aromatic N) is 1. The largest absolute Gasteiger partial charge is 0.496 e. The lowest BCUT2D eigenvalue weighted by Crippen LogP contribution is -2.14. The lowest BCUT2D eigenvalue weighted by Gasteiger charge is -2.14. The van der Waals surface area contributed by atoms with Crippen LogP contribution in [0.4, 0.5) is 5.69 Å². The molecule has 2 N–H and O–H groups in total. The van der Waals surface area contributed by atoms with Crippen LogP contribution in [0.2, 0.25) is 0 Å². The van der Waals surface area contributed by atoms with E-state index in [-0.39, 0.29) is 22.7 Å². The molecule has 0 unspecified atom stereocenters. The van der Waals surface area contributed by atoms with Gasteiger partial charge in [-0.3, -0.25) is 14.9 Å². The number of rotatable bonds is 6. The molecule has 0 radical (unpaired) electrons. The van der Waals surface area contributed by atoms with E-state index in [1.165, 1.54) is 50.6 Å². The van der Waals surface area contributed by atoms with Crippen molar-refractivity contribution in [2.45, 2.75) is 0 Å². The number of hydrogen-bond acceptors (Lipinski definition) is 6. The molecule has 0 saturated carbocycles. The molecule has 0 aliphatic carbocycles. The maximum absolute atomic E-state index is 11.7. The zero-order chi connectivity index (χ0) is 17.0. The van der Waals surface area contributed by atoms with E-state index in [9.17, 15) is 14.9 Å². The lowest BCUT2D eigenvalue weighted by molar-refractivity contribution is -0.384. The Bertz CT molecular complexity index is 742. The Kier molecular flexibility index (Phi) is 4.65. The van der Waals surface area contributed by atoms with Gasteiger partial charge in [-0.05, 0) is 12.1 Å². The highest BCUT2D eigenvalue weighted by molar-refractivity contribution is 5.99. The zero-order valence-corrected chi connectivity index (χ0v) is 12.4. The number of benzene rings is 2. The minimum absolute atomic E-state index is 0.0478. The van der Waals surface area contributed by atoms with Crippen LogP contribution in [-0.4, -0.2) is 25.1 Å². The maximum atomic E-state index is 11.7. The molecule has 0 bridgehead atoms. The highest BCUT2D eigenvalue weighted by Crippen LogP contribution is 2.36. The summed E-state index contributed by atoms with van der Waals surface area (Å²) in [5.41, 5.74) is 5.35. The van der Waals surface area contributed by atoms with E-state index in [1.807, 2.05) is 0 Å². The minimum Gasteiger partial charge on any atom is -0.496 e. The fraction of sp³-hybridized carbons (Fsp3) is 0.133. The molecule has 8 heteroatoms. The second-order valence-corrected chi connectivity index (χ2v) is 4.42. The third-order valence-electron chi connectivity index (χ3n) is 3.02. The summed E-state index contributed by atoms with van der Waals surface area (Å²) in [6, 6.07) is 8.38. The van der Waals surface area contributed by atoms with E-state index in [4.69, 9.17) is 19.9 Å². The van der Waals surface area contributed by atoms with Gasteiger partial charge < -0.3 is 19.9 Å². The van der Waals surface area contributed by atoms with Crippen LogP contribution in [0.5, 0.6) is 23.0 Å². The first-order valence-corrected chi connectivity index (χ1v) is 6.44. The van der Waals surface area contributed by atoms with E-state index < -0.39 is 10.8 Å². The molecule has 0 aromatic heterocycles. The number of primary amides is 1. The number of carbonyl (C=O) groups excluding carboxylic acids is 1. The van der Waals surface area contributed by atoms with Gasteiger partial charge in [0.1, 0.15) is 28.6 Å². The first kappa shape index (κ1) is 16.1. The van der Waals surface area contributed by atoms with Gasteiger partial charge in [0.2, 0.25) is 0 Å². The maximum Gasteiger partial charge on any atom is 0.269 e. The molecule has 2 aromatic carbocycles. The number of non-ortho nitro benzene ring substituents is 1. The molecule has 0 aliphatic rings. The molecule has 0 atom stereocenters. The molecule has 0 fully saturated rings. The predicted molar refractivity (Wildman–Crippen MR) is 81.2 cm³/mol. The summed E-state index contributed by atoms with van der Waals surface area (Å²) in [6.07, 6.45) is 0. The number of hydrogen-bond donors (Lipinski definition) is 1. The normalized spacial score (nSPS) is 10.0. The third-order valence-corrected chi connectivity index (χ3v) is 3.02. The Morgan fingerprint density at radius 1 is 1.04 bits per heavy atom. The molecular formula is C15H14N2O6. The van der Waals surface area contributed by atoms with Crippen LogP contribution in [0.25, 0.3) is 0 Å². The fourth-order valence-corrected chi connectivity index (χ4v) is 1.93. The molecule has 2 aromatic rings. The van der Waals surface area contributed by atoms with Crippen LogP contribution in [0.1, 0.15) is 10.4 Å². The Labute approximate surface area is 131 Å². The monoisotopic (exact) mass is 318 g/mol. The summed E-state index contributed by atoms with van der Waals surface area (Å²) in [5, 5.41) is 10.7. The molecule has 23 heavy (non-hydrogen) atoms. The Morgan fingerprint density at radius 2 is 1.65 bits per heavy atom. The van der Waals surface area contributed by atoms with Gasteiger partial charge in [0.15, 0.2) is 0 Å². The standard InChI is InChI=1S/C15H14N2O6/c1-21-11-7-12(22-2)14(15(16)18)13(8-11)23-10-5-3-9(4-6-10)17(19)20/h3-8H,1-2H3,(H2,16,18). The van der Waals surface area contributed by atoms with Gasteiger partial charge >= 0.3 is 0 Å². The predicted octanol–water partition coefficient (Wildman–Crippen LogP) is 2.50. The van der Waals surface area contributed by atoms with Crippen molar-refractivity contribution in [3.63, 3.8) is 0 Å². The summed E-state index contributed by atoms with van der Waals surface area (Å²) in [6.45, 7) is 0. The van der Waals surface area contributed by atoms with Crippen molar-refractivity contribution in [3.8, 4) is 23.0 Å². The summed E-state index contributed by atoms with van der Waals surface area (Å²) in [5.74, 6) is 0.301. The van der Waals surface area contributed by atoms with Crippen molar-refractivity contribution in [2.24, 2.45) is 5.73 Å². The Balaban J connectivity index is 2.44. The van der Waals surface area contributed by atoms with Crippen molar-refractivity contribution >= 4 is 11.6 Å². The van der Waals surface area contributed by atoms with Crippen molar-refractivity contribution < 1.29 is 23.9 Å². The first-order chi connectivity index (χ1) is 11.0. The quantitative estimate of drug-likeness (QED) is 0.646. The number of ether oxygens (including phenoxy) is 3. The number of nitro groups is 1. The van der Waals surface area contributed by atoms with Gasteiger partial charge in [-0.1, -0.05) is 0 Å². The topological polar surface area (TPSA) is 114 Å². The van der Waals surface area contributed by atoms with Crippen LogP contribution in [0.15, 0.2) is 36.4 Å². The van der Waals surface area contributed by atoms with E-state index in [0.29, 0.717) is 11.5 Å². The first-order valence-electron chi connectivity index (χ1n) is 6.44. The number of carbonyl (C=O) groups is 1. The van der Waals surface area contributed by atoms with Crippen LogP contribution in [-0.2, 0) is 0 Å². The van der Waals surface area contributed by atoms with Crippen molar-refractivity contribution in [2.75, 3.05) is 14.2 Å². The Morgan fingerprint density at radius 3 is 2.13 bits per heavy atom. The fourth-order valence-electron chi connectivity index (χ4n) is 1.93. The van der Waals surface area contributed by atoms with Gasteiger partial charge in [-0.15, -0.1) is 0 Å². The molecule has 2 rings (SSSR count). The summed E-state index contributed by atoms with van der Waals surface area (Å²) in [7, 11) is 2.84. The average molecular weight is 318 g/mol. The van der Waals surface area contributed by atoms with Crippen LogP contribution in [0, 0.1) is 10.1 Å². The summed E-state index contributed by atoms with van der Waals surface area (Å²) in [4.78, 5) is 21.8. The van der Waals surface area contributed by atoms with E-state index >= 15 is 0 Å². The smallest absolute Gasteiger partial charge is 0.269 e. The minimum atomic E-state index is -0.735. The van der Waals surface area contributed by atoms with Crippen molar-refractivity contribution in [3.05, 3.63) is 52.1 Å². The molecule has 0 saturated heterocycles. The van der Waals surface area contributed by atoms with Crippen molar-refractivity contribution in [1.82, 2.24) is 0 Å². The van der Waals surface area contributed by atoms with Gasteiger partial charge in [0.25, 0.3) is 11.6 Å². The second-order valence-electron chi connectivity index (χ2n) is 4.42. The molecule has 0 spiro atoms. The van der Waals surface area contributed by atoms with Crippen LogP contribution < -0.4 is 19.9 Å². The van der Waals surface area contributed by atoms with Gasteiger partial charge in [-0.2, -0.15) is 0 Å². The molecular weight excluding hydrogens is 304 g/mol. The lowest BCUT2D eigenvalue weighted by atomic mass is 10.1. The van der Waals surface area contributed by atoms with Crippen molar-refractivity contribution in [1.29, 1.82) is 0 Å². The number of nitrogens with two attached hydrogens (primary N) is 1. The molecule has 8 nitrogen and oxygen atoms in total. The van der Waals surface area contributed by atoms with E-state index in [2.05, 4.69) is 0 Å².